The Balaban J connectivity index is 1.34. The van der Waals surface area contributed by atoms with Gasteiger partial charge >= 0.3 is 0 Å². The molecule has 0 aliphatic heterocycles. The summed E-state index contributed by atoms with van der Waals surface area (Å²) < 4.78 is 14.3. The van der Waals surface area contributed by atoms with Crippen LogP contribution >= 0.6 is 0 Å². The quantitative estimate of drug-likeness (QED) is 0.472. The van der Waals surface area contributed by atoms with Gasteiger partial charge in [-0.05, 0) is 42.3 Å². The molecule has 1 N–H and O–H groups in total. The van der Waals surface area contributed by atoms with Crippen molar-refractivity contribution in [2.45, 2.75) is 20.2 Å². The SMILES string of the molecule is COc1cccc(Cn2cc(NC(=O)c3ccn(COc4ccccc4C)n3)cn2)c1. The van der Waals surface area contributed by atoms with Crippen LogP contribution in [0, 0.1) is 6.92 Å². The van der Waals surface area contributed by atoms with Gasteiger partial charge in [-0.1, -0.05) is 30.3 Å². The highest BCUT2D eigenvalue weighted by Gasteiger charge is 2.12. The minimum atomic E-state index is -0.310. The highest BCUT2D eigenvalue weighted by Crippen LogP contribution is 2.17. The molecule has 2 aromatic heterocycles. The summed E-state index contributed by atoms with van der Waals surface area (Å²) in [6.07, 6.45) is 5.09. The molecule has 8 heteroatoms. The lowest BCUT2D eigenvalue weighted by atomic mass is 10.2. The fraction of sp³-hybridized carbons (Fsp3) is 0.174. The first-order chi connectivity index (χ1) is 15.1. The number of amides is 1. The van der Waals surface area contributed by atoms with E-state index in [1.165, 1.54) is 0 Å². The first-order valence-corrected chi connectivity index (χ1v) is 9.79. The second-order valence-corrected chi connectivity index (χ2v) is 7.01. The topological polar surface area (TPSA) is 83.2 Å². The van der Waals surface area contributed by atoms with Gasteiger partial charge in [-0.2, -0.15) is 10.2 Å². The number of hydrogen-bond acceptors (Lipinski definition) is 5. The second-order valence-electron chi connectivity index (χ2n) is 7.01. The van der Waals surface area contributed by atoms with E-state index in [1.807, 2.05) is 55.5 Å². The van der Waals surface area contributed by atoms with Crippen LogP contribution in [0.4, 0.5) is 5.69 Å². The molecule has 0 atom stereocenters. The molecule has 0 fully saturated rings. The molecule has 0 aliphatic carbocycles. The van der Waals surface area contributed by atoms with Crippen molar-refractivity contribution < 1.29 is 14.3 Å². The summed E-state index contributed by atoms with van der Waals surface area (Å²) in [7, 11) is 1.64. The third-order valence-electron chi connectivity index (χ3n) is 4.69. The molecule has 0 aliphatic rings. The Kier molecular flexibility index (Phi) is 5.98. The molecule has 158 valence electrons. The molecular formula is C23H23N5O3. The average Bonchev–Trinajstić information content (AvgIpc) is 3.43. The maximum Gasteiger partial charge on any atom is 0.276 e. The number of aryl methyl sites for hydroxylation is 1. The predicted molar refractivity (Wildman–Crippen MR) is 116 cm³/mol. The van der Waals surface area contributed by atoms with Crippen molar-refractivity contribution in [1.29, 1.82) is 0 Å². The smallest absolute Gasteiger partial charge is 0.276 e. The Bertz CT molecular complexity index is 1180. The molecule has 2 aromatic carbocycles. The van der Waals surface area contributed by atoms with Gasteiger partial charge in [-0.3, -0.25) is 9.48 Å². The fourth-order valence-corrected chi connectivity index (χ4v) is 3.08. The number of rotatable bonds is 8. The molecule has 1 amide bonds. The monoisotopic (exact) mass is 417 g/mol. The molecule has 0 spiro atoms. The minimum Gasteiger partial charge on any atom is -0.497 e. The zero-order chi connectivity index (χ0) is 21.6. The molecule has 0 saturated heterocycles. The summed E-state index contributed by atoms with van der Waals surface area (Å²) >= 11 is 0. The van der Waals surface area contributed by atoms with Gasteiger partial charge in [0.2, 0.25) is 0 Å². The molecule has 4 rings (SSSR count). The van der Waals surface area contributed by atoms with E-state index in [4.69, 9.17) is 9.47 Å². The van der Waals surface area contributed by atoms with Gasteiger partial charge in [0.25, 0.3) is 5.91 Å². The van der Waals surface area contributed by atoms with E-state index >= 15 is 0 Å². The molecule has 0 saturated carbocycles. The van der Waals surface area contributed by atoms with Crippen LogP contribution in [0.1, 0.15) is 21.6 Å². The van der Waals surface area contributed by atoms with Crippen LogP contribution in [0.15, 0.2) is 73.2 Å². The van der Waals surface area contributed by atoms with Gasteiger partial charge in [-0.25, -0.2) is 4.68 Å². The van der Waals surface area contributed by atoms with E-state index in [-0.39, 0.29) is 12.6 Å². The highest BCUT2D eigenvalue weighted by molar-refractivity contribution is 6.02. The lowest BCUT2D eigenvalue weighted by Gasteiger charge is -2.08. The summed E-state index contributed by atoms with van der Waals surface area (Å²) in [6.45, 7) is 2.76. The van der Waals surface area contributed by atoms with Crippen molar-refractivity contribution in [3.8, 4) is 11.5 Å². The van der Waals surface area contributed by atoms with Gasteiger partial charge in [-0.15, -0.1) is 0 Å². The van der Waals surface area contributed by atoms with E-state index < -0.39 is 0 Å². The van der Waals surface area contributed by atoms with Crippen molar-refractivity contribution in [3.63, 3.8) is 0 Å². The Morgan fingerprint density at radius 2 is 1.97 bits per heavy atom. The maximum absolute atomic E-state index is 12.5. The molecule has 4 aromatic rings. The van der Waals surface area contributed by atoms with Crippen molar-refractivity contribution in [3.05, 3.63) is 90.0 Å². The first-order valence-electron chi connectivity index (χ1n) is 9.79. The Hall–Kier alpha value is -4.07. The lowest BCUT2D eigenvalue weighted by Crippen LogP contribution is -2.14. The number of carbonyl (C=O) groups excluding carboxylic acids is 1. The molecule has 0 bridgehead atoms. The summed E-state index contributed by atoms with van der Waals surface area (Å²) in [4.78, 5) is 12.5. The van der Waals surface area contributed by atoms with Crippen LogP contribution in [-0.4, -0.2) is 32.6 Å². The summed E-state index contributed by atoms with van der Waals surface area (Å²) in [5.74, 6) is 1.27. The maximum atomic E-state index is 12.5. The zero-order valence-corrected chi connectivity index (χ0v) is 17.4. The van der Waals surface area contributed by atoms with Crippen LogP contribution in [0.3, 0.4) is 0 Å². The normalized spacial score (nSPS) is 10.6. The average molecular weight is 417 g/mol. The van der Waals surface area contributed by atoms with Crippen molar-refractivity contribution in [2.24, 2.45) is 0 Å². The van der Waals surface area contributed by atoms with Gasteiger partial charge in [0, 0.05) is 12.4 Å². The Labute approximate surface area is 180 Å². The molecule has 31 heavy (non-hydrogen) atoms. The number of para-hydroxylation sites is 1. The van der Waals surface area contributed by atoms with Crippen LogP contribution in [-0.2, 0) is 13.3 Å². The number of nitrogens with one attached hydrogen (secondary N) is 1. The Morgan fingerprint density at radius 3 is 2.81 bits per heavy atom. The van der Waals surface area contributed by atoms with Crippen molar-refractivity contribution >= 4 is 11.6 Å². The minimum absolute atomic E-state index is 0.219. The van der Waals surface area contributed by atoms with Gasteiger partial charge in [0.05, 0.1) is 25.5 Å². The fourth-order valence-electron chi connectivity index (χ4n) is 3.08. The summed E-state index contributed by atoms with van der Waals surface area (Å²) in [5.41, 5.74) is 2.99. The first kappa shape index (κ1) is 20.2. The van der Waals surface area contributed by atoms with Crippen molar-refractivity contribution in [1.82, 2.24) is 19.6 Å². The number of nitrogens with zero attached hydrogens (tertiary/aromatic N) is 4. The number of aromatic nitrogens is 4. The van der Waals surface area contributed by atoms with Crippen LogP contribution in [0.2, 0.25) is 0 Å². The number of benzene rings is 2. The molecule has 0 unspecified atom stereocenters. The lowest BCUT2D eigenvalue weighted by molar-refractivity contribution is 0.102. The number of methoxy groups -OCH3 is 1. The molecule has 0 radical (unpaired) electrons. The molecule has 8 nitrogen and oxygen atoms in total. The highest BCUT2D eigenvalue weighted by atomic mass is 16.5. The zero-order valence-electron chi connectivity index (χ0n) is 17.4. The van der Waals surface area contributed by atoms with E-state index in [2.05, 4.69) is 15.5 Å². The van der Waals surface area contributed by atoms with E-state index in [0.29, 0.717) is 17.9 Å². The largest absolute Gasteiger partial charge is 0.497 e. The number of hydrogen-bond donors (Lipinski definition) is 1. The molecular weight excluding hydrogens is 394 g/mol. The van der Waals surface area contributed by atoms with E-state index in [1.54, 1.807) is 41.1 Å². The van der Waals surface area contributed by atoms with Gasteiger partial charge in [0.1, 0.15) is 11.5 Å². The van der Waals surface area contributed by atoms with Gasteiger partial charge in [0.15, 0.2) is 12.4 Å². The number of anilines is 1. The van der Waals surface area contributed by atoms with Crippen LogP contribution in [0.5, 0.6) is 11.5 Å². The second kappa shape index (κ2) is 9.17. The van der Waals surface area contributed by atoms with Crippen LogP contribution < -0.4 is 14.8 Å². The molecule has 2 heterocycles. The van der Waals surface area contributed by atoms with Gasteiger partial charge < -0.3 is 14.8 Å². The third kappa shape index (κ3) is 5.11. The number of carbonyl (C=O) groups is 1. The predicted octanol–water partition coefficient (Wildman–Crippen LogP) is 3.73. The summed E-state index contributed by atoms with van der Waals surface area (Å²) in [6, 6.07) is 17.2. The summed E-state index contributed by atoms with van der Waals surface area (Å²) in [5, 5.41) is 11.4. The van der Waals surface area contributed by atoms with E-state index in [0.717, 1.165) is 22.6 Å². The third-order valence-corrected chi connectivity index (χ3v) is 4.69. The van der Waals surface area contributed by atoms with E-state index in [9.17, 15) is 4.79 Å². The van der Waals surface area contributed by atoms with Crippen molar-refractivity contribution in [2.75, 3.05) is 12.4 Å². The van der Waals surface area contributed by atoms with Crippen LogP contribution in [0.25, 0.3) is 0 Å². The Morgan fingerprint density at radius 1 is 1.10 bits per heavy atom. The number of ether oxygens (including phenoxy) is 2. The standard InChI is InChI=1S/C23H23N5O3/c1-17-6-3-4-9-22(17)31-16-27-11-10-21(26-27)23(29)25-19-13-24-28(15-19)14-18-7-5-8-20(12-18)30-2/h3-13,15H,14,16H2,1-2H3,(H,25,29).